The summed E-state index contributed by atoms with van der Waals surface area (Å²) >= 11 is 4.43. The van der Waals surface area contributed by atoms with Gasteiger partial charge in [-0.2, -0.15) is 0 Å². The molecule has 0 saturated heterocycles. The minimum absolute atomic E-state index is 0.206. The van der Waals surface area contributed by atoms with Crippen molar-refractivity contribution in [2.75, 3.05) is 5.73 Å². The van der Waals surface area contributed by atoms with Gasteiger partial charge in [-0.25, -0.2) is 9.50 Å². The maximum atomic E-state index is 5.62. The lowest BCUT2D eigenvalue weighted by atomic mass is 10.1. The molecule has 22 heavy (non-hydrogen) atoms. The molecule has 0 aromatic carbocycles. The third-order valence-corrected chi connectivity index (χ3v) is 3.51. The first-order valence-corrected chi connectivity index (χ1v) is 7.23. The molecule has 0 bridgehead atoms. The molecule has 0 spiro atoms. The minimum atomic E-state index is 0.206. The molecule has 6 nitrogen and oxygen atoms in total. The standard InChI is InChI=1S/C15H16N6S/c1-8(2)18-11-4-5-12(19-9(11)3)10-6-14(22)21-13(10)7-17-15(16)20-21/h4-7,22H,1-3H3,(H2,16,20). The van der Waals surface area contributed by atoms with Crippen LogP contribution in [0.5, 0.6) is 0 Å². The fourth-order valence-corrected chi connectivity index (χ4v) is 2.54. The number of thiol groups is 1. The van der Waals surface area contributed by atoms with Gasteiger partial charge < -0.3 is 5.73 Å². The fourth-order valence-electron chi connectivity index (χ4n) is 2.25. The minimum Gasteiger partial charge on any atom is -0.367 e. The zero-order valence-electron chi connectivity index (χ0n) is 12.6. The normalized spacial score (nSPS) is 10.9. The summed E-state index contributed by atoms with van der Waals surface area (Å²) in [5, 5.41) is 4.84. The van der Waals surface area contributed by atoms with Crippen LogP contribution >= 0.6 is 12.6 Å². The van der Waals surface area contributed by atoms with Gasteiger partial charge in [0.05, 0.1) is 33.8 Å². The first-order valence-electron chi connectivity index (χ1n) is 6.79. The third-order valence-electron chi connectivity index (χ3n) is 3.19. The molecule has 3 heterocycles. The van der Waals surface area contributed by atoms with Crippen LogP contribution in [0.15, 0.2) is 34.4 Å². The summed E-state index contributed by atoms with van der Waals surface area (Å²) in [6, 6.07) is 5.81. The van der Waals surface area contributed by atoms with Crippen LogP contribution in [-0.4, -0.2) is 25.3 Å². The second-order valence-corrected chi connectivity index (χ2v) is 5.65. The van der Waals surface area contributed by atoms with Gasteiger partial charge in [0.25, 0.3) is 0 Å². The van der Waals surface area contributed by atoms with E-state index in [0.29, 0.717) is 5.03 Å². The quantitative estimate of drug-likeness (QED) is 0.563. The van der Waals surface area contributed by atoms with Crippen molar-refractivity contribution in [3.8, 4) is 11.3 Å². The number of aliphatic imine (C=N–C) groups is 1. The largest absolute Gasteiger partial charge is 0.367 e. The van der Waals surface area contributed by atoms with Gasteiger partial charge in [0.2, 0.25) is 5.95 Å². The topological polar surface area (TPSA) is 81.5 Å². The van der Waals surface area contributed by atoms with Gasteiger partial charge in [-0.3, -0.25) is 9.98 Å². The predicted octanol–water partition coefficient (Wildman–Crippen LogP) is 3.08. The monoisotopic (exact) mass is 312 g/mol. The molecule has 0 aliphatic heterocycles. The van der Waals surface area contributed by atoms with Crippen LogP contribution in [0, 0.1) is 6.92 Å². The zero-order chi connectivity index (χ0) is 15.9. The van der Waals surface area contributed by atoms with Crippen LogP contribution in [0.3, 0.4) is 0 Å². The second-order valence-electron chi connectivity index (χ2n) is 5.19. The maximum absolute atomic E-state index is 5.62. The fraction of sp³-hybridized carbons (Fsp3) is 0.200. The molecule has 0 amide bonds. The number of nitrogen functional groups attached to an aromatic ring is 1. The van der Waals surface area contributed by atoms with Crippen molar-refractivity contribution in [3.63, 3.8) is 0 Å². The highest BCUT2D eigenvalue weighted by atomic mass is 32.1. The molecule has 0 saturated carbocycles. The van der Waals surface area contributed by atoms with E-state index < -0.39 is 0 Å². The van der Waals surface area contributed by atoms with Crippen molar-refractivity contribution in [2.45, 2.75) is 25.8 Å². The van der Waals surface area contributed by atoms with Gasteiger partial charge in [0, 0.05) is 11.3 Å². The van der Waals surface area contributed by atoms with Gasteiger partial charge in [0.15, 0.2) is 0 Å². The van der Waals surface area contributed by atoms with E-state index >= 15 is 0 Å². The highest BCUT2D eigenvalue weighted by Crippen LogP contribution is 2.29. The Morgan fingerprint density at radius 1 is 1.32 bits per heavy atom. The number of aromatic nitrogens is 4. The van der Waals surface area contributed by atoms with E-state index in [2.05, 4.69) is 32.7 Å². The van der Waals surface area contributed by atoms with Crippen LogP contribution in [0.4, 0.5) is 11.6 Å². The number of aryl methyl sites for hydroxylation is 1. The Morgan fingerprint density at radius 2 is 2.09 bits per heavy atom. The molecule has 7 heteroatoms. The molecular weight excluding hydrogens is 296 g/mol. The summed E-state index contributed by atoms with van der Waals surface area (Å²) < 4.78 is 1.65. The van der Waals surface area contributed by atoms with E-state index in [0.717, 1.165) is 33.9 Å². The lowest BCUT2D eigenvalue weighted by Gasteiger charge is -2.04. The van der Waals surface area contributed by atoms with Gasteiger partial charge in [-0.05, 0) is 39.0 Å². The number of anilines is 1. The molecule has 3 aromatic heterocycles. The summed E-state index contributed by atoms with van der Waals surface area (Å²) in [6.45, 7) is 5.87. The van der Waals surface area contributed by atoms with Crippen molar-refractivity contribution in [1.29, 1.82) is 0 Å². The predicted molar refractivity (Wildman–Crippen MR) is 91.1 cm³/mol. The average Bonchev–Trinajstić information content (AvgIpc) is 2.78. The summed E-state index contributed by atoms with van der Waals surface area (Å²) in [5.74, 6) is 0.206. The SMILES string of the molecule is CC(C)=Nc1ccc(-c2cc(S)n3nc(N)ncc23)nc1C. The van der Waals surface area contributed by atoms with E-state index in [1.165, 1.54) is 0 Å². The van der Waals surface area contributed by atoms with E-state index in [9.17, 15) is 0 Å². The Labute approximate surface area is 133 Å². The van der Waals surface area contributed by atoms with Crippen molar-refractivity contribution in [2.24, 2.45) is 4.99 Å². The average molecular weight is 312 g/mol. The number of rotatable bonds is 2. The molecule has 0 aliphatic carbocycles. The number of hydrogen-bond donors (Lipinski definition) is 2. The first kappa shape index (κ1) is 14.5. The molecule has 0 atom stereocenters. The molecular formula is C15H16N6S. The van der Waals surface area contributed by atoms with Gasteiger partial charge >= 0.3 is 0 Å². The van der Waals surface area contributed by atoms with E-state index in [1.807, 2.05) is 39.0 Å². The lowest BCUT2D eigenvalue weighted by Crippen LogP contribution is -2.00. The Balaban J connectivity index is 2.16. The van der Waals surface area contributed by atoms with E-state index in [1.54, 1.807) is 10.7 Å². The summed E-state index contributed by atoms with van der Waals surface area (Å²) in [5.41, 5.74) is 10.9. The summed E-state index contributed by atoms with van der Waals surface area (Å²) in [4.78, 5) is 13.2. The van der Waals surface area contributed by atoms with Crippen molar-refractivity contribution >= 4 is 35.5 Å². The molecule has 0 aliphatic rings. The number of pyridine rings is 1. The molecule has 2 N–H and O–H groups in total. The Kier molecular flexibility index (Phi) is 3.58. The number of fused-ring (bicyclic) bond motifs is 1. The second kappa shape index (κ2) is 5.42. The van der Waals surface area contributed by atoms with Crippen molar-refractivity contribution in [1.82, 2.24) is 19.6 Å². The molecule has 112 valence electrons. The van der Waals surface area contributed by atoms with Crippen LogP contribution in [0.1, 0.15) is 19.5 Å². The smallest absolute Gasteiger partial charge is 0.238 e. The van der Waals surface area contributed by atoms with E-state index in [-0.39, 0.29) is 5.95 Å². The van der Waals surface area contributed by atoms with Crippen molar-refractivity contribution < 1.29 is 0 Å². The first-order chi connectivity index (χ1) is 10.5. The van der Waals surface area contributed by atoms with Gasteiger partial charge in [0.1, 0.15) is 0 Å². The number of hydrogen-bond acceptors (Lipinski definition) is 6. The highest BCUT2D eigenvalue weighted by Gasteiger charge is 2.13. The van der Waals surface area contributed by atoms with Crippen LogP contribution in [0.25, 0.3) is 16.8 Å². The highest BCUT2D eigenvalue weighted by molar-refractivity contribution is 7.80. The molecule has 3 aromatic rings. The third kappa shape index (κ3) is 2.55. The molecule has 0 fully saturated rings. The number of nitrogens with zero attached hydrogens (tertiary/aromatic N) is 5. The zero-order valence-corrected chi connectivity index (χ0v) is 13.5. The molecule has 3 rings (SSSR count). The van der Waals surface area contributed by atoms with Crippen LogP contribution in [-0.2, 0) is 0 Å². The summed E-state index contributed by atoms with van der Waals surface area (Å²) in [6.07, 6.45) is 1.68. The van der Waals surface area contributed by atoms with Gasteiger partial charge in [-0.1, -0.05) is 0 Å². The van der Waals surface area contributed by atoms with E-state index in [4.69, 9.17) is 5.73 Å². The molecule has 0 unspecified atom stereocenters. The lowest BCUT2D eigenvalue weighted by molar-refractivity contribution is 0.845. The molecule has 0 radical (unpaired) electrons. The number of nitrogens with two attached hydrogens (primary N) is 1. The Bertz CT molecular complexity index is 892. The van der Waals surface area contributed by atoms with Gasteiger partial charge in [-0.15, -0.1) is 17.7 Å². The Morgan fingerprint density at radius 3 is 2.77 bits per heavy atom. The Hall–Kier alpha value is -2.41. The van der Waals surface area contributed by atoms with Crippen molar-refractivity contribution in [3.05, 3.63) is 30.1 Å². The van der Waals surface area contributed by atoms with Crippen LogP contribution < -0.4 is 5.73 Å². The summed E-state index contributed by atoms with van der Waals surface area (Å²) in [7, 11) is 0. The van der Waals surface area contributed by atoms with Crippen LogP contribution in [0.2, 0.25) is 0 Å². The maximum Gasteiger partial charge on any atom is 0.238 e.